The van der Waals surface area contributed by atoms with Gasteiger partial charge in [-0.15, -0.1) is 5.10 Å². The normalized spacial score (nSPS) is 11.0. The van der Waals surface area contributed by atoms with Gasteiger partial charge >= 0.3 is 0 Å². The van der Waals surface area contributed by atoms with Crippen LogP contribution in [0.2, 0.25) is 0 Å². The molecule has 2 aromatic heterocycles. The number of hydrogen-bond acceptors (Lipinski definition) is 6. The van der Waals surface area contributed by atoms with Crippen LogP contribution in [0.1, 0.15) is 22.0 Å². The molecule has 1 amide bonds. The van der Waals surface area contributed by atoms with E-state index in [-0.39, 0.29) is 17.3 Å². The molecule has 0 aliphatic rings. The lowest BCUT2D eigenvalue weighted by Gasteiger charge is -2.08. The zero-order chi connectivity index (χ0) is 21.3. The van der Waals surface area contributed by atoms with Gasteiger partial charge in [0.05, 0.1) is 27.3 Å². The van der Waals surface area contributed by atoms with Crippen molar-refractivity contribution in [1.82, 2.24) is 29.9 Å². The molecule has 1 N–H and O–H groups in total. The number of fused-ring (bicyclic) bond motifs is 1. The van der Waals surface area contributed by atoms with Gasteiger partial charge in [-0.05, 0) is 32.0 Å². The Labute approximate surface area is 171 Å². The number of imidazole rings is 1. The Balaban J connectivity index is 1.47. The van der Waals surface area contributed by atoms with E-state index in [9.17, 15) is 14.9 Å². The van der Waals surface area contributed by atoms with E-state index in [0.29, 0.717) is 24.5 Å². The molecular formula is C20H19N7O3. The van der Waals surface area contributed by atoms with E-state index in [4.69, 9.17) is 0 Å². The van der Waals surface area contributed by atoms with Gasteiger partial charge in [0.2, 0.25) is 0 Å². The minimum atomic E-state index is -0.481. The lowest BCUT2D eigenvalue weighted by atomic mass is 10.2. The largest absolute Gasteiger partial charge is 0.349 e. The molecule has 0 radical (unpaired) electrons. The van der Waals surface area contributed by atoms with E-state index in [1.54, 1.807) is 19.1 Å². The second-order valence-corrected chi connectivity index (χ2v) is 6.77. The second kappa shape index (κ2) is 7.74. The SMILES string of the molecule is Cc1c(C(=O)NCCn2c(C)nc3ccccc32)nnn1-c1cccc([N+](=O)[O-])c1. The molecule has 0 spiro atoms. The third-order valence-corrected chi connectivity index (χ3v) is 4.86. The van der Waals surface area contributed by atoms with Crippen molar-refractivity contribution in [3.8, 4) is 5.69 Å². The minimum absolute atomic E-state index is 0.0590. The fraction of sp³-hybridized carbons (Fsp3) is 0.200. The van der Waals surface area contributed by atoms with Crippen LogP contribution in [0, 0.1) is 24.0 Å². The predicted octanol–water partition coefficient (Wildman–Crippen LogP) is 2.57. The number of nitro benzene ring substituents is 1. The van der Waals surface area contributed by atoms with E-state index >= 15 is 0 Å². The highest BCUT2D eigenvalue weighted by Gasteiger charge is 2.18. The van der Waals surface area contributed by atoms with Crippen molar-refractivity contribution in [3.05, 3.63) is 75.9 Å². The predicted molar refractivity (Wildman–Crippen MR) is 110 cm³/mol. The van der Waals surface area contributed by atoms with Crippen molar-refractivity contribution in [3.63, 3.8) is 0 Å². The molecular weight excluding hydrogens is 386 g/mol. The number of amides is 1. The number of rotatable bonds is 6. The van der Waals surface area contributed by atoms with E-state index in [0.717, 1.165) is 16.9 Å². The molecule has 2 aromatic carbocycles. The maximum atomic E-state index is 12.6. The Morgan fingerprint density at radius 3 is 2.77 bits per heavy atom. The van der Waals surface area contributed by atoms with Gasteiger partial charge in [-0.3, -0.25) is 14.9 Å². The fourth-order valence-electron chi connectivity index (χ4n) is 3.37. The highest BCUT2D eigenvalue weighted by molar-refractivity contribution is 5.93. The van der Waals surface area contributed by atoms with Crippen LogP contribution in [0.3, 0.4) is 0 Å². The van der Waals surface area contributed by atoms with Gasteiger partial charge in [0, 0.05) is 25.2 Å². The molecule has 0 bridgehead atoms. The first-order valence-electron chi connectivity index (χ1n) is 9.33. The van der Waals surface area contributed by atoms with E-state index in [2.05, 4.69) is 20.6 Å². The lowest BCUT2D eigenvalue weighted by Crippen LogP contribution is -2.28. The van der Waals surface area contributed by atoms with Gasteiger partial charge in [-0.1, -0.05) is 23.4 Å². The molecule has 0 unspecified atom stereocenters. The number of hydrogen-bond donors (Lipinski definition) is 1. The molecule has 0 fully saturated rings. The summed E-state index contributed by atoms with van der Waals surface area (Å²) >= 11 is 0. The van der Waals surface area contributed by atoms with Crippen molar-refractivity contribution < 1.29 is 9.72 Å². The zero-order valence-corrected chi connectivity index (χ0v) is 16.4. The Hall–Kier alpha value is -4.08. The average Bonchev–Trinajstić information content (AvgIpc) is 3.27. The minimum Gasteiger partial charge on any atom is -0.349 e. The molecule has 4 aromatic rings. The summed E-state index contributed by atoms with van der Waals surface area (Å²) in [5, 5.41) is 21.8. The Morgan fingerprint density at radius 1 is 1.17 bits per heavy atom. The van der Waals surface area contributed by atoms with E-state index < -0.39 is 4.92 Å². The molecule has 0 aliphatic carbocycles. The van der Waals surface area contributed by atoms with Crippen LogP contribution < -0.4 is 5.32 Å². The van der Waals surface area contributed by atoms with Crippen molar-refractivity contribution in [1.29, 1.82) is 0 Å². The smallest absolute Gasteiger partial charge is 0.273 e. The van der Waals surface area contributed by atoms with E-state index in [1.165, 1.54) is 16.8 Å². The lowest BCUT2D eigenvalue weighted by molar-refractivity contribution is -0.384. The number of nitro groups is 1. The molecule has 10 heteroatoms. The zero-order valence-electron chi connectivity index (χ0n) is 16.4. The van der Waals surface area contributed by atoms with Gasteiger partial charge in [-0.2, -0.15) is 0 Å². The summed E-state index contributed by atoms with van der Waals surface area (Å²) in [4.78, 5) is 27.6. The van der Waals surface area contributed by atoms with Gasteiger partial charge in [0.1, 0.15) is 5.82 Å². The summed E-state index contributed by atoms with van der Waals surface area (Å²) < 4.78 is 3.46. The van der Waals surface area contributed by atoms with E-state index in [1.807, 2.05) is 35.8 Å². The maximum absolute atomic E-state index is 12.6. The molecule has 152 valence electrons. The molecule has 30 heavy (non-hydrogen) atoms. The number of aryl methyl sites for hydroxylation is 1. The number of nitrogens with zero attached hydrogens (tertiary/aromatic N) is 6. The number of carbonyl (C=O) groups is 1. The number of non-ortho nitro benzene ring substituents is 1. The third kappa shape index (κ3) is 3.50. The van der Waals surface area contributed by atoms with Crippen molar-refractivity contribution in [2.45, 2.75) is 20.4 Å². The molecule has 0 saturated heterocycles. The van der Waals surface area contributed by atoms with Crippen molar-refractivity contribution >= 4 is 22.6 Å². The molecule has 4 rings (SSSR count). The topological polar surface area (TPSA) is 121 Å². The molecule has 0 atom stereocenters. The number of benzene rings is 2. The highest BCUT2D eigenvalue weighted by atomic mass is 16.6. The average molecular weight is 405 g/mol. The number of carbonyl (C=O) groups excluding carboxylic acids is 1. The Bertz CT molecular complexity index is 1260. The summed E-state index contributed by atoms with van der Waals surface area (Å²) in [5.41, 5.74) is 3.00. The van der Waals surface area contributed by atoms with Crippen molar-refractivity contribution in [2.24, 2.45) is 0 Å². The Kier molecular flexibility index (Phi) is 4.97. The monoisotopic (exact) mass is 405 g/mol. The first kappa shape index (κ1) is 19.2. The fourth-order valence-corrected chi connectivity index (χ4v) is 3.37. The van der Waals surface area contributed by atoms with Crippen LogP contribution in [0.5, 0.6) is 0 Å². The molecule has 2 heterocycles. The molecule has 10 nitrogen and oxygen atoms in total. The second-order valence-electron chi connectivity index (χ2n) is 6.77. The summed E-state index contributed by atoms with van der Waals surface area (Å²) in [5.74, 6) is 0.518. The number of aromatic nitrogens is 5. The standard InChI is InChI=1S/C20H19N7O3/c1-13-19(23-24-26(13)15-6-5-7-16(12-15)27(29)30)20(28)21-10-11-25-14(2)22-17-8-3-4-9-18(17)25/h3-9,12H,10-11H2,1-2H3,(H,21,28). The maximum Gasteiger partial charge on any atom is 0.273 e. The van der Waals surface area contributed by atoms with Gasteiger partial charge < -0.3 is 9.88 Å². The first-order chi connectivity index (χ1) is 14.5. The van der Waals surface area contributed by atoms with Crippen LogP contribution in [0.4, 0.5) is 5.69 Å². The van der Waals surface area contributed by atoms with Crippen LogP contribution in [0.25, 0.3) is 16.7 Å². The van der Waals surface area contributed by atoms with Crippen LogP contribution in [-0.4, -0.2) is 41.9 Å². The summed E-state index contributed by atoms with van der Waals surface area (Å²) in [7, 11) is 0. The quantitative estimate of drug-likeness (QED) is 0.389. The molecule has 0 aliphatic heterocycles. The Morgan fingerprint density at radius 2 is 1.97 bits per heavy atom. The summed E-state index contributed by atoms with van der Waals surface area (Å²) in [6, 6.07) is 13.8. The van der Waals surface area contributed by atoms with Crippen LogP contribution in [-0.2, 0) is 6.54 Å². The first-order valence-corrected chi connectivity index (χ1v) is 9.33. The molecule has 0 saturated carbocycles. The van der Waals surface area contributed by atoms with Gasteiger partial charge in [-0.25, -0.2) is 9.67 Å². The van der Waals surface area contributed by atoms with Gasteiger partial charge in [0.15, 0.2) is 5.69 Å². The van der Waals surface area contributed by atoms with Crippen LogP contribution in [0.15, 0.2) is 48.5 Å². The van der Waals surface area contributed by atoms with Crippen molar-refractivity contribution in [2.75, 3.05) is 6.54 Å². The number of nitrogens with one attached hydrogen (secondary N) is 1. The van der Waals surface area contributed by atoms with Crippen LogP contribution >= 0.6 is 0 Å². The summed E-state index contributed by atoms with van der Waals surface area (Å²) in [6.07, 6.45) is 0. The van der Waals surface area contributed by atoms with Gasteiger partial charge in [0.25, 0.3) is 11.6 Å². The summed E-state index contributed by atoms with van der Waals surface area (Å²) in [6.45, 7) is 4.58. The third-order valence-electron chi connectivity index (χ3n) is 4.86. The number of para-hydroxylation sites is 2. The highest BCUT2D eigenvalue weighted by Crippen LogP contribution is 2.18.